The average molecular weight is 362 g/mol. The van der Waals surface area contributed by atoms with Gasteiger partial charge in [-0.05, 0) is 42.3 Å². The molecule has 0 atom stereocenters. The van der Waals surface area contributed by atoms with Crippen LogP contribution in [0.3, 0.4) is 0 Å². The molecule has 4 nitrogen and oxygen atoms in total. The smallest absolute Gasteiger partial charge is 0.221 e. The first kappa shape index (κ1) is 18.1. The van der Waals surface area contributed by atoms with Crippen LogP contribution in [-0.4, -0.2) is 19.0 Å². The molecule has 0 spiro atoms. The van der Waals surface area contributed by atoms with E-state index in [1.807, 2.05) is 12.1 Å². The number of hydrogen-bond donors (Lipinski definition) is 2. The number of carbonyl (C=O) groups is 1. The predicted octanol–water partition coefficient (Wildman–Crippen LogP) is 4.03. The van der Waals surface area contributed by atoms with E-state index >= 15 is 0 Å². The number of nitriles is 1. The van der Waals surface area contributed by atoms with E-state index in [1.54, 1.807) is 30.3 Å². The predicted molar refractivity (Wildman–Crippen MR) is 97.4 cm³/mol. The van der Waals surface area contributed by atoms with E-state index in [0.717, 1.165) is 11.3 Å². The molecule has 2 rings (SSSR count). The van der Waals surface area contributed by atoms with Crippen molar-refractivity contribution in [2.75, 3.05) is 18.4 Å². The molecule has 0 heterocycles. The number of rotatable bonds is 7. The van der Waals surface area contributed by atoms with Gasteiger partial charge in [0.2, 0.25) is 5.91 Å². The van der Waals surface area contributed by atoms with Crippen LogP contribution in [-0.2, 0) is 11.2 Å². The van der Waals surface area contributed by atoms with Crippen molar-refractivity contribution in [2.24, 2.45) is 0 Å². The summed E-state index contributed by atoms with van der Waals surface area (Å²) in [7, 11) is 0. The molecule has 0 aliphatic heterocycles. The van der Waals surface area contributed by atoms with Crippen molar-refractivity contribution in [1.82, 2.24) is 5.32 Å². The molecule has 0 fully saturated rings. The zero-order chi connectivity index (χ0) is 17.4. The summed E-state index contributed by atoms with van der Waals surface area (Å²) in [5.41, 5.74) is 2.37. The summed E-state index contributed by atoms with van der Waals surface area (Å²) in [5.74, 6) is -0.0379. The molecule has 0 aliphatic carbocycles. The molecule has 2 aromatic carbocycles. The van der Waals surface area contributed by atoms with Gasteiger partial charge in [0, 0.05) is 35.2 Å². The quantitative estimate of drug-likeness (QED) is 0.782. The van der Waals surface area contributed by atoms with Gasteiger partial charge in [0.1, 0.15) is 0 Å². The standard InChI is InChI=1S/C18H17Cl2N3O/c19-15-5-4-14(17(20)11-15)6-8-23-18(24)7-9-22-16-3-1-2-13(10-16)12-21/h1-5,10-11,22H,6-9H2,(H,23,24). The highest BCUT2D eigenvalue weighted by Crippen LogP contribution is 2.21. The Labute approximate surface area is 151 Å². The Balaban J connectivity index is 1.69. The fraction of sp³-hybridized carbons (Fsp3) is 0.222. The Morgan fingerprint density at radius 2 is 1.96 bits per heavy atom. The lowest BCUT2D eigenvalue weighted by Crippen LogP contribution is -2.27. The van der Waals surface area contributed by atoms with E-state index in [9.17, 15) is 4.79 Å². The second kappa shape index (κ2) is 9.17. The lowest BCUT2D eigenvalue weighted by Gasteiger charge is -2.09. The Hall–Kier alpha value is -2.22. The van der Waals surface area contributed by atoms with Crippen LogP contribution in [0, 0.1) is 11.3 Å². The Morgan fingerprint density at radius 3 is 2.71 bits per heavy atom. The van der Waals surface area contributed by atoms with E-state index in [-0.39, 0.29) is 5.91 Å². The summed E-state index contributed by atoms with van der Waals surface area (Å²) in [5, 5.41) is 16.0. The van der Waals surface area contributed by atoms with Gasteiger partial charge in [-0.2, -0.15) is 5.26 Å². The fourth-order valence-corrected chi connectivity index (χ4v) is 2.67. The van der Waals surface area contributed by atoms with Crippen molar-refractivity contribution < 1.29 is 4.79 Å². The first-order valence-electron chi connectivity index (χ1n) is 7.53. The van der Waals surface area contributed by atoms with E-state index in [2.05, 4.69) is 16.7 Å². The summed E-state index contributed by atoms with van der Waals surface area (Å²) in [6.07, 6.45) is 1.00. The van der Waals surface area contributed by atoms with Gasteiger partial charge in [-0.25, -0.2) is 0 Å². The number of benzene rings is 2. The topological polar surface area (TPSA) is 64.9 Å². The molecule has 2 aromatic rings. The molecule has 1 amide bonds. The van der Waals surface area contributed by atoms with Crippen LogP contribution < -0.4 is 10.6 Å². The number of anilines is 1. The zero-order valence-corrected chi connectivity index (χ0v) is 14.5. The molecular weight excluding hydrogens is 345 g/mol. The molecule has 0 radical (unpaired) electrons. The normalized spacial score (nSPS) is 10.0. The molecule has 0 unspecified atom stereocenters. The van der Waals surface area contributed by atoms with Gasteiger partial charge in [0.25, 0.3) is 0 Å². The number of hydrogen-bond acceptors (Lipinski definition) is 3. The first-order chi connectivity index (χ1) is 11.6. The van der Waals surface area contributed by atoms with Gasteiger partial charge in [-0.3, -0.25) is 4.79 Å². The zero-order valence-electron chi connectivity index (χ0n) is 13.0. The van der Waals surface area contributed by atoms with Crippen LogP contribution in [0.15, 0.2) is 42.5 Å². The fourth-order valence-electron chi connectivity index (χ4n) is 2.17. The summed E-state index contributed by atoms with van der Waals surface area (Å²) in [4.78, 5) is 11.8. The number of halogens is 2. The van der Waals surface area contributed by atoms with Crippen molar-refractivity contribution in [3.8, 4) is 6.07 Å². The van der Waals surface area contributed by atoms with Crippen LogP contribution in [0.4, 0.5) is 5.69 Å². The Kier molecular flexibility index (Phi) is 6.92. The van der Waals surface area contributed by atoms with Gasteiger partial charge in [-0.15, -0.1) is 0 Å². The molecule has 0 saturated carbocycles. The van der Waals surface area contributed by atoms with E-state index < -0.39 is 0 Å². The van der Waals surface area contributed by atoms with Gasteiger partial charge in [-0.1, -0.05) is 35.3 Å². The number of amides is 1. The van der Waals surface area contributed by atoms with Gasteiger partial charge in [0.15, 0.2) is 0 Å². The SMILES string of the molecule is N#Cc1cccc(NCCC(=O)NCCc2ccc(Cl)cc2Cl)c1. The molecule has 0 aliphatic rings. The van der Waals surface area contributed by atoms with Crippen LogP contribution >= 0.6 is 23.2 Å². The van der Waals surface area contributed by atoms with Crippen LogP contribution in [0.5, 0.6) is 0 Å². The molecule has 6 heteroatoms. The van der Waals surface area contributed by atoms with Crippen molar-refractivity contribution in [3.63, 3.8) is 0 Å². The van der Waals surface area contributed by atoms with Gasteiger partial charge < -0.3 is 10.6 Å². The maximum atomic E-state index is 11.8. The van der Waals surface area contributed by atoms with Crippen LogP contribution in [0.2, 0.25) is 10.0 Å². The second-order valence-corrected chi connectivity index (χ2v) is 6.05. The highest BCUT2D eigenvalue weighted by atomic mass is 35.5. The minimum atomic E-state index is -0.0379. The van der Waals surface area contributed by atoms with E-state index in [4.69, 9.17) is 28.5 Å². The van der Waals surface area contributed by atoms with E-state index in [1.165, 1.54) is 0 Å². The first-order valence-corrected chi connectivity index (χ1v) is 8.29. The summed E-state index contributed by atoms with van der Waals surface area (Å²) in [6, 6.07) is 14.6. The monoisotopic (exact) mass is 361 g/mol. The Morgan fingerprint density at radius 1 is 1.12 bits per heavy atom. The summed E-state index contributed by atoms with van der Waals surface area (Å²) < 4.78 is 0. The van der Waals surface area contributed by atoms with Gasteiger partial charge in [0.05, 0.1) is 11.6 Å². The highest BCUT2D eigenvalue weighted by molar-refractivity contribution is 6.35. The van der Waals surface area contributed by atoms with Crippen molar-refractivity contribution in [2.45, 2.75) is 12.8 Å². The lowest BCUT2D eigenvalue weighted by atomic mass is 10.1. The number of nitrogens with one attached hydrogen (secondary N) is 2. The van der Waals surface area contributed by atoms with Crippen molar-refractivity contribution in [1.29, 1.82) is 5.26 Å². The van der Waals surface area contributed by atoms with E-state index in [0.29, 0.717) is 41.5 Å². The maximum Gasteiger partial charge on any atom is 0.221 e. The molecule has 0 saturated heterocycles. The highest BCUT2D eigenvalue weighted by Gasteiger charge is 2.04. The third kappa shape index (κ3) is 5.77. The maximum absolute atomic E-state index is 11.8. The molecule has 124 valence electrons. The minimum Gasteiger partial charge on any atom is -0.384 e. The molecule has 2 N–H and O–H groups in total. The molecule has 24 heavy (non-hydrogen) atoms. The lowest BCUT2D eigenvalue weighted by molar-refractivity contribution is -0.120. The van der Waals surface area contributed by atoms with Crippen LogP contribution in [0.25, 0.3) is 0 Å². The largest absolute Gasteiger partial charge is 0.384 e. The number of carbonyl (C=O) groups excluding carboxylic acids is 1. The van der Waals surface area contributed by atoms with Crippen LogP contribution in [0.1, 0.15) is 17.5 Å². The number of nitrogens with zero attached hydrogens (tertiary/aromatic N) is 1. The van der Waals surface area contributed by atoms with Crippen molar-refractivity contribution >= 4 is 34.8 Å². The van der Waals surface area contributed by atoms with Gasteiger partial charge >= 0.3 is 0 Å². The third-order valence-corrected chi connectivity index (χ3v) is 3.99. The minimum absolute atomic E-state index is 0.0379. The second-order valence-electron chi connectivity index (χ2n) is 5.21. The average Bonchev–Trinajstić information content (AvgIpc) is 2.57. The third-order valence-electron chi connectivity index (χ3n) is 3.40. The molecule has 0 bridgehead atoms. The summed E-state index contributed by atoms with van der Waals surface area (Å²) >= 11 is 11.9. The molecular formula is C18H17Cl2N3O. The Bertz CT molecular complexity index is 756. The van der Waals surface area contributed by atoms with Crippen molar-refractivity contribution in [3.05, 3.63) is 63.6 Å². The summed E-state index contributed by atoms with van der Waals surface area (Å²) in [6.45, 7) is 1.02. The molecule has 0 aromatic heterocycles.